The van der Waals surface area contributed by atoms with Gasteiger partial charge in [-0.1, -0.05) is 19.8 Å². The minimum atomic E-state index is 0.870. The Morgan fingerprint density at radius 3 is 2.71 bits per heavy atom. The van der Waals surface area contributed by atoms with Crippen molar-refractivity contribution in [2.24, 2.45) is 17.8 Å². The Morgan fingerprint density at radius 1 is 1.00 bits per heavy atom. The van der Waals surface area contributed by atoms with E-state index < -0.39 is 0 Å². The molecule has 0 radical (unpaired) electrons. The normalized spacial score (nSPS) is 51.6. The first kappa shape index (κ1) is 9.21. The van der Waals surface area contributed by atoms with Gasteiger partial charge in [-0.3, -0.25) is 0 Å². The first-order valence-electron chi connectivity index (χ1n) is 6.59. The van der Waals surface area contributed by atoms with E-state index in [1.807, 2.05) is 0 Å². The summed E-state index contributed by atoms with van der Waals surface area (Å²) in [5.41, 5.74) is 0. The molecular weight excluding hydrogens is 170 g/mol. The van der Waals surface area contributed by atoms with Crippen LogP contribution in [0.1, 0.15) is 51.9 Å². The Labute approximate surface area is 87.7 Å². The number of rotatable bonds is 2. The van der Waals surface area contributed by atoms with Gasteiger partial charge in [-0.15, -0.1) is 0 Å². The van der Waals surface area contributed by atoms with E-state index >= 15 is 0 Å². The molecule has 1 N–H and O–H groups in total. The van der Waals surface area contributed by atoms with Crippen molar-refractivity contribution in [3.8, 4) is 0 Å². The molecule has 0 spiro atoms. The molecule has 3 unspecified atom stereocenters. The van der Waals surface area contributed by atoms with Gasteiger partial charge in [0.1, 0.15) is 0 Å². The van der Waals surface area contributed by atoms with Gasteiger partial charge in [-0.25, -0.2) is 0 Å². The molecule has 80 valence electrons. The molecule has 3 saturated carbocycles. The van der Waals surface area contributed by atoms with Gasteiger partial charge >= 0.3 is 0 Å². The van der Waals surface area contributed by atoms with Crippen LogP contribution in [0.15, 0.2) is 0 Å². The zero-order valence-electron chi connectivity index (χ0n) is 9.34. The number of hydrogen-bond acceptors (Lipinski definition) is 1. The Morgan fingerprint density at radius 2 is 1.93 bits per heavy atom. The van der Waals surface area contributed by atoms with E-state index in [0.717, 1.165) is 29.8 Å². The average molecular weight is 193 g/mol. The molecule has 3 aliphatic carbocycles. The molecule has 3 fully saturated rings. The molecule has 3 rings (SSSR count). The molecule has 0 aromatic rings. The van der Waals surface area contributed by atoms with Gasteiger partial charge < -0.3 is 5.32 Å². The predicted octanol–water partition coefficient (Wildman–Crippen LogP) is 2.95. The topological polar surface area (TPSA) is 12.0 Å². The van der Waals surface area contributed by atoms with Crippen molar-refractivity contribution in [1.29, 1.82) is 0 Å². The van der Waals surface area contributed by atoms with Crippen LogP contribution in [0.5, 0.6) is 0 Å². The molecule has 0 aromatic carbocycles. The lowest BCUT2D eigenvalue weighted by molar-refractivity contribution is 0.317. The van der Waals surface area contributed by atoms with E-state index in [4.69, 9.17) is 0 Å². The fraction of sp³-hybridized carbons (Fsp3) is 1.00. The van der Waals surface area contributed by atoms with Crippen molar-refractivity contribution in [2.45, 2.75) is 64.0 Å². The van der Waals surface area contributed by atoms with Crippen molar-refractivity contribution in [3.63, 3.8) is 0 Å². The van der Waals surface area contributed by atoms with Crippen molar-refractivity contribution in [2.75, 3.05) is 0 Å². The third-order valence-electron chi connectivity index (χ3n) is 4.73. The molecule has 0 heterocycles. The SMILES string of the molecule is CC1CCC(NC2CCC[C@H]3C[C@@H]23)C1. The molecule has 3 aliphatic rings. The van der Waals surface area contributed by atoms with E-state index in [0.29, 0.717) is 0 Å². The standard InChI is InChI=1S/C13H23N/c1-9-5-6-11(7-9)14-13-4-2-3-10-8-12(10)13/h9-14H,2-8H2,1H3/t9?,10-,11?,12+,13?/m0/s1. The number of nitrogens with one attached hydrogen (secondary N) is 1. The number of hydrogen-bond donors (Lipinski definition) is 1. The third kappa shape index (κ3) is 1.71. The summed E-state index contributed by atoms with van der Waals surface area (Å²) in [6.07, 6.45) is 10.4. The summed E-state index contributed by atoms with van der Waals surface area (Å²) >= 11 is 0. The second-order valence-corrected chi connectivity index (χ2v) is 5.98. The summed E-state index contributed by atoms with van der Waals surface area (Å²) in [7, 11) is 0. The van der Waals surface area contributed by atoms with Crippen LogP contribution < -0.4 is 5.32 Å². The Bertz CT molecular complexity index is 213. The van der Waals surface area contributed by atoms with Crippen molar-refractivity contribution >= 4 is 0 Å². The number of fused-ring (bicyclic) bond motifs is 1. The highest BCUT2D eigenvalue weighted by molar-refractivity contribution is 4.99. The van der Waals surface area contributed by atoms with Crippen LogP contribution in [-0.4, -0.2) is 12.1 Å². The molecule has 5 atom stereocenters. The van der Waals surface area contributed by atoms with E-state index in [1.54, 1.807) is 6.42 Å². The third-order valence-corrected chi connectivity index (χ3v) is 4.73. The molecular formula is C13H23N. The minimum Gasteiger partial charge on any atom is -0.311 e. The van der Waals surface area contributed by atoms with Crippen LogP contribution >= 0.6 is 0 Å². The van der Waals surface area contributed by atoms with Crippen LogP contribution in [-0.2, 0) is 0 Å². The molecule has 14 heavy (non-hydrogen) atoms. The molecule has 0 saturated heterocycles. The first-order chi connectivity index (χ1) is 6.83. The largest absolute Gasteiger partial charge is 0.311 e. The summed E-state index contributed by atoms with van der Waals surface area (Å²) in [6, 6.07) is 1.78. The quantitative estimate of drug-likeness (QED) is 0.711. The van der Waals surface area contributed by atoms with Crippen molar-refractivity contribution in [3.05, 3.63) is 0 Å². The molecule has 0 aliphatic heterocycles. The van der Waals surface area contributed by atoms with Crippen LogP contribution in [0.4, 0.5) is 0 Å². The van der Waals surface area contributed by atoms with Crippen molar-refractivity contribution in [1.82, 2.24) is 5.32 Å². The lowest BCUT2D eigenvalue weighted by atomic mass is 9.94. The highest BCUT2D eigenvalue weighted by Crippen LogP contribution is 2.49. The maximum absolute atomic E-state index is 3.94. The fourth-order valence-corrected chi connectivity index (χ4v) is 3.78. The summed E-state index contributed by atoms with van der Waals surface area (Å²) in [5.74, 6) is 3.19. The summed E-state index contributed by atoms with van der Waals surface area (Å²) in [4.78, 5) is 0. The lowest BCUT2D eigenvalue weighted by Crippen LogP contribution is -2.39. The van der Waals surface area contributed by atoms with Gasteiger partial charge in [0.05, 0.1) is 0 Å². The van der Waals surface area contributed by atoms with Crippen LogP contribution in [0, 0.1) is 17.8 Å². The summed E-state index contributed by atoms with van der Waals surface area (Å²) in [6.45, 7) is 2.41. The highest BCUT2D eigenvalue weighted by Gasteiger charge is 2.45. The van der Waals surface area contributed by atoms with Gasteiger partial charge in [0.15, 0.2) is 0 Å². The summed E-state index contributed by atoms with van der Waals surface area (Å²) in [5, 5.41) is 3.94. The fourth-order valence-electron chi connectivity index (χ4n) is 3.78. The second kappa shape index (κ2) is 3.52. The van der Waals surface area contributed by atoms with Gasteiger partial charge in [-0.05, 0) is 49.9 Å². The van der Waals surface area contributed by atoms with Crippen molar-refractivity contribution < 1.29 is 0 Å². The zero-order valence-corrected chi connectivity index (χ0v) is 9.34. The van der Waals surface area contributed by atoms with Crippen LogP contribution in [0.3, 0.4) is 0 Å². The Kier molecular flexibility index (Phi) is 2.31. The molecule has 1 nitrogen and oxygen atoms in total. The average Bonchev–Trinajstić information content (AvgIpc) is 2.86. The van der Waals surface area contributed by atoms with E-state index in [2.05, 4.69) is 12.2 Å². The molecule has 0 bridgehead atoms. The molecule has 0 amide bonds. The van der Waals surface area contributed by atoms with E-state index in [9.17, 15) is 0 Å². The summed E-state index contributed by atoms with van der Waals surface area (Å²) < 4.78 is 0. The smallest absolute Gasteiger partial charge is 0.0101 e. The Balaban J connectivity index is 1.52. The second-order valence-electron chi connectivity index (χ2n) is 5.98. The van der Waals surface area contributed by atoms with Crippen LogP contribution in [0.25, 0.3) is 0 Å². The highest BCUT2D eigenvalue weighted by atomic mass is 15.0. The maximum Gasteiger partial charge on any atom is 0.0101 e. The van der Waals surface area contributed by atoms with Gasteiger partial charge in [0.25, 0.3) is 0 Å². The monoisotopic (exact) mass is 193 g/mol. The van der Waals surface area contributed by atoms with Gasteiger partial charge in [0.2, 0.25) is 0 Å². The molecule has 1 heteroatoms. The minimum absolute atomic E-state index is 0.870. The predicted molar refractivity (Wildman–Crippen MR) is 59.2 cm³/mol. The van der Waals surface area contributed by atoms with E-state index in [1.165, 1.54) is 38.5 Å². The van der Waals surface area contributed by atoms with E-state index in [-0.39, 0.29) is 0 Å². The lowest BCUT2D eigenvalue weighted by Gasteiger charge is -2.26. The maximum atomic E-state index is 3.94. The van der Waals surface area contributed by atoms with Gasteiger partial charge in [0, 0.05) is 12.1 Å². The van der Waals surface area contributed by atoms with Crippen LogP contribution in [0.2, 0.25) is 0 Å². The first-order valence-corrected chi connectivity index (χ1v) is 6.59. The zero-order chi connectivity index (χ0) is 9.54. The van der Waals surface area contributed by atoms with Gasteiger partial charge in [-0.2, -0.15) is 0 Å². The Hall–Kier alpha value is -0.0400. The molecule has 0 aromatic heterocycles.